The van der Waals surface area contributed by atoms with Crippen molar-refractivity contribution in [3.05, 3.63) is 17.4 Å². The highest BCUT2D eigenvalue weighted by Crippen LogP contribution is 2.21. The van der Waals surface area contributed by atoms with Crippen molar-refractivity contribution >= 4 is 21.9 Å². The number of aryl methyl sites for hydroxylation is 1. The summed E-state index contributed by atoms with van der Waals surface area (Å²) in [6, 6.07) is 0.0471. The topological polar surface area (TPSA) is 117 Å². The molecule has 0 aliphatic carbocycles. The number of carbonyl (C=O) groups excluding carboxylic acids is 1. The van der Waals surface area contributed by atoms with Crippen molar-refractivity contribution in [2.75, 3.05) is 14.1 Å². The Hall–Kier alpha value is -1.87. The van der Waals surface area contributed by atoms with Crippen LogP contribution in [0.1, 0.15) is 36.4 Å². The van der Waals surface area contributed by atoms with Gasteiger partial charge in [-0.2, -0.15) is 0 Å². The van der Waals surface area contributed by atoms with Gasteiger partial charge in [0.2, 0.25) is 5.09 Å². The SMILES string of the molecule is CCC(C)C(NC(=O)c1cc(S(=O)(=O)N(C)C)oc1C)C(=O)O. The maximum Gasteiger partial charge on any atom is 0.326 e. The van der Waals surface area contributed by atoms with E-state index in [9.17, 15) is 23.1 Å². The fourth-order valence-corrected chi connectivity index (χ4v) is 2.75. The van der Waals surface area contributed by atoms with E-state index < -0.39 is 27.9 Å². The Kier molecular flexibility index (Phi) is 5.95. The molecule has 0 radical (unpaired) electrons. The number of hydrogen-bond acceptors (Lipinski definition) is 5. The van der Waals surface area contributed by atoms with Gasteiger partial charge in [0, 0.05) is 20.2 Å². The number of aliphatic carboxylic acids is 1. The number of carbonyl (C=O) groups is 2. The van der Waals surface area contributed by atoms with E-state index in [0.717, 1.165) is 10.4 Å². The first-order chi connectivity index (χ1) is 10.5. The molecule has 2 atom stereocenters. The van der Waals surface area contributed by atoms with E-state index in [4.69, 9.17) is 4.42 Å². The summed E-state index contributed by atoms with van der Waals surface area (Å²) in [4.78, 5) is 23.5. The van der Waals surface area contributed by atoms with E-state index in [2.05, 4.69) is 5.32 Å². The number of rotatable bonds is 7. The summed E-state index contributed by atoms with van der Waals surface area (Å²) in [6.45, 7) is 4.98. The zero-order valence-corrected chi connectivity index (χ0v) is 14.6. The van der Waals surface area contributed by atoms with Crippen LogP contribution in [0.2, 0.25) is 0 Å². The lowest BCUT2D eigenvalue weighted by molar-refractivity contribution is -0.140. The first kappa shape index (κ1) is 19.2. The van der Waals surface area contributed by atoms with E-state index in [1.165, 1.54) is 21.0 Å². The smallest absolute Gasteiger partial charge is 0.326 e. The second kappa shape index (κ2) is 7.14. The average Bonchev–Trinajstić information content (AvgIpc) is 2.85. The van der Waals surface area contributed by atoms with Gasteiger partial charge in [0.05, 0.1) is 5.56 Å². The second-order valence-corrected chi connectivity index (χ2v) is 7.58. The summed E-state index contributed by atoms with van der Waals surface area (Å²) in [6.07, 6.45) is 0.571. The molecule has 0 aromatic carbocycles. The van der Waals surface area contributed by atoms with Crippen molar-refractivity contribution in [2.45, 2.75) is 38.3 Å². The summed E-state index contributed by atoms with van der Waals surface area (Å²) < 4.78 is 30.1. The van der Waals surface area contributed by atoms with Crippen molar-refractivity contribution in [2.24, 2.45) is 5.92 Å². The molecule has 9 heteroatoms. The standard InChI is InChI=1S/C14H22N2O6S/c1-6-8(2)12(14(18)19)15-13(17)10-7-11(22-9(10)3)23(20,21)16(4)5/h7-8,12H,6H2,1-5H3,(H,15,17)(H,18,19). The Balaban J connectivity index is 3.11. The third kappa shape index (κ3) is 4.11. The first-order valence-corrected chi connectivity index (χ1v) is 8.53. The summed E-state index contributed by atoms with van der Waals surface area (Å²) in [5, 5.41) is 11.3. The van der Waals surface area contributed by atoms with Gasteiger partial charge in [-0.3, -0.25) is 4.79 Å². The molecule has 2 unspecified atom stereocenters. The summed E-state index contributed by atoms with van der Waals surface area (Å²) in [5.41, 5.74) is -0.0000203. The van der Waals surface area contributed by atoms with Crippen molar-refractivity contribution in [3.63, 3.8) is 0 Å². The highest BCUT2D eigenvalue weighted by Gasteiger charge is 2.29. The molecule has 1 aromatic heterocycles. The molecule has 0 saturated heterocycles. The van der Waals surface area contributed by atoms with Gasteiger partial charge in [-0.1, -0.05) is 20.3 Å². The number of sulfonamides is 1. The van der Waals surface area contributed by atoms with Crippen molar-refractivity contribution in [1.29, 1.82) is 0 Å². The second-order valence-electron chi connectivity index (χ2n) is 5.50. The zero-order valence-electron chi connectivity index (χ0n) is 13.8. The Morgan fingerprint density at radius 1 is 1.39 bits per heavy atom. The van der Waals surface area contributed by atoms with E-state index in [-0.39, 0.29) is 22.3 Å². The predicted molar refractivity (Wildman–Crippen MR) is 82.7 cm³/mol. The van der Waals surface area contributed by atoms with Crippen LogP contribution in [-0.2, 0) is 14.8 Å². The molecule has 0 aliphatic heterocycles. The molecule has 1 rings (SSSR count). The van der Waals surface area contributed by atoms with Gasteiger partial charge in [-0.05, 0) is 12.8 Å². The third-order valence-corrected chi connectivity index (χ3v) is 5.31. The molecule has 0 spiro atoms. The van der Waals surface area contributed by atoms with Gasteiger partial charge in [-0.15, -0.1) is 0 Å². The third-order valence-electron chi connectivity index (χ3n) is 3.64. The van der Waals surface area contributed by atoms with Crippen LogP contribution in [0.5, 0.6) is 0 Å². The minimum absolute atomic E-state index is 0.0000203. The summed E-state index contributed by atoms with van der Waals surface area (Å²) in [5.74, 6) is -1.99. The van der Waals surface area contributed by atoms with E-state index in [1.807, 2.05) is 6.92 Å². The molecule has 0 bridgehead atoms. The fourth-order valence-electron chi connectivity index (χ4n) is 1.89. The predicted octanol–water partition coefficient (Wildman–Crippen LogP) is 1.07. The molecule has 23 heavy (non-hydrogen) atoms. The van der Waals surface area contributed by atoms with Crippen LogP contribution >= 0.6 is 0 Å². The average molecular weight is 346 g/mol. The van der Waals surface area contributed by atoms with Gasteiger partial charge in [0.1, 0.15) is 11.8 Å². The Morgan fingerprint density at radius 3 is 2.39 bits per heavy atom. The minimum atomic E-state index is -3.81. The van der Waals surface area contributed by atoms with Crippen LogP contribution in [0, 0.1) is 12.8 Å². The van der Waals surface area contributed by atoms with Crippen molar-refractivity contribution in [1.82, 2.24) is 9.62 Å². The van der Waals surface area contributed by atoms with Gasteiger partial charge in [0.25, 0.3) is 15.9 Å². The molecule has 0 aliphatic rings. The Morgan fingerprint density at radius 2 is 1.96 bits per heavy atom. The van der Waals surface area contributed by atoms with Gasteiger partial charge in [-0.25, -0.2) is 17.5 Å². The highest BCUT2D eigenvalue weighted by molar-refractivity contribution is 7.88. The van der Waals surface area contributed by atoms with Gasteiger partial charge >= 0.3 is 5.97 Å². The normalized spacial score (nSPS) is 14.5. The number of carboxylic acids is 1. The van der Waals surface area contributed by atoms with Crippen LogP contribution < -0.4 is 5.32 Å². The lowest BCUT2D eigenvalue weighted by Crippen LogP contribution is -2.45. The van der Waals surface area contributed by atoms with E-state index >= 15 is 0 Å². The lowest BCUT2D eigenvalue weighted by Gasteiger charge is -2.19. The monoisotopic (exact) mass is 346 g/mol. The fraction of sp³-hybridized carbons (Fsp3) is 0.571. The highest BCUT2D eigenvalue weighted by atomic mass is 32.2. The molecule has 1 amide bonds. The summed E-state index contributed by atoms with van der Waals surface area (Å²) >= 11 is 0. The lowest BCUT2D eigenvalue weighted by atomic mass is 9.99. The Labute approximate surface area is 135 Å². The molecule has 0 fully saturated rings. The molecular weight excluding hydrogens is 324 g/mol. The number of carboxylic acid groups (broad SMARTS) is 1. The number of hydrogen-bond donors (Lipinski definition) is 2. The molecule has 8 nitrogen and oxygen atoms in total. The maximum atomic E-state index is 12.3. The first-order valence-electron chi connectivity index (χ1n) is 7.09. The van der Waals surface area contributed by atoms with Crippen molar-refractivity contribution < 1.29 is 27.5 Å². The van der Waals surface area contributed by atoms with Crippen LogP contribution in [0.3, 0.4) is 0 Å². The number of furan rings is 1. The number of nitrogens with zero attached hydrogens (tertiary/aromatic N) is 1. The molecule has 1 aromatic rings. The molecule has 130 valence electrons. The number of nitrogens with one attached hydrogen (secondary N) is 1. The summed E-state index contributed by atoms with van der Waals surface area (Å²) in [7, 11) is -1.12. The minimum Gasteiger partial charge on any atom is -0.480 e. The van der Waals surface area contributed by atoms with Crippen molar-refractivity contribution in [3.8, 4) is 0 Å². The molecule has 1 heterocycles. The quantitative estimate of drug-likeness (QED) is 0.762. The Bertz CT molecular complexity index is 692. The van der Waals surface area contributed by atoms with Crippen LogP contribution in [0.25, 0.3) is 0 Å². The number of amides is 1. The van der Waals surface area contributed by atoms with Gasteiger partial charge < -0.3 is 14.8 Å². The largest absolute Gasteiger partial charge is 0.480 e. The van der Waals surface area contributed by atoms with E-state index in [0.29, 0.717) is 6.42 Å². The molecular formula is C14H22N2O6S. The van der Waals surface area contributed by atoms with Gasteiger partial charge in [0.15, 0.2) is 0 Å². The molecule has 0 saturated carbocycles. The molecule has 2 N–H and O–H groups in total. The van der Waals surface area contributed by atoms with Crippen LogP contribution in [-0.4, -0.2) is 49.8 Å². The maximum absolute atomic E-state index is 12.3. The zero-order chi connectivity index (χ0) is 17.9. The van der Waals surface area contributed by atoms with Crippen LogP contribution in [0.15, 0.2) is 15.6 Å². The van der Waals surface area contributed by atoms with E-state index in [1.54, 1.807) is 6.92 Å². The van der Waals surface area contributed by atoms with Crippen LogP contribution in [0.4, 0.5) is 0 Å².